The summed E-state index contributed by atoms with van der Waals surface area (Å²) in [5, 5.41) is 2.71. The molecule has 0 saturated carbocycles. The number of ketones is 1. The predicted molar refractivity (Wildman–Crippen MR) is 133 cm³/mol. The second-order valence-corrected chi connectivity index (χ2v) is 8.51. The molecule has 4 aromatic rings. The summed E-state index contributed by atoms with van der Waals surface area (Å²) < 4.78 is 22.1. The molecule has 1 N–H and O–H groups in total. The van der Waals surface area contributed by atoms with Crippen molar-refractivity contribution in [3.63, 3.8) is 0 Å². The Morgan fingerprint density at radius 3 is 2.73 bits per heavy atom. The monoisotopic (exact) mass is 500 g/mol. The molecule has 0 bridgehead atoms. The first-order valence-corrected chi connectivity index (χ1v) is 11.7. The van der Waals surface area contributed by atoms with Gasteiger partial charge < -0.3 is 23.6 Å². The van der Waals surface area contributed by atoms with Gasteiger partial charge in [0.05, 0.1) is 25.0 Å². The predicted octanol–water partition coefficient (Wildman–Crippen LogP) is 4.30. The molecule has 9 nitrogen and oxygen atoms in total. The fourth-order valence-corrected chi connectivity index (χ4v) is 3.89. The van der Waals surface area contributed by atoms with Crippen molar-refractivity contribution in [3.8, 4) is 11.5 Å². The molecule has 2 amide bonds. The summed E-state index contributed by atoms with van der Waals surface area (Å²) in [7, 11) is 0. The third-order valence-corrected chi connectivity index (χ3v) is 5.79. The van der Waals surface area contributed by atoms with Gasteiger partial charge in [-0.2, -0.15) is 0 Å². The SMILES string of the molecule is Cc1cccc(OCC(=O)c2ccc3c(c2)N(Cc2ccc(C(=O)NCc4ccco4)o2)C(=O)CO3)c1. The van der Waals surface area contributed by atoms with Crippen molar-refractivity contribution < 1.29 is 32.7 Å². The molecule has 0 saturated heterocycles. The fraction of sp³-hybridized carbons (Fsp3) is 0.179. The number of ether oxygens (including phenoxy) is 2. The van der Waals surface area contributed by atoms with Crippen LogP contribution in [0.4, 0.5) is 5.69 Å². The Morgan fingerprint density at radius 1 is 1.03 bits per heavy atom. The summed E-state index contributed by atoms with van der Waals surface area (Å²) in [5.74, 6) is 1.27. The number of nitrogens with zero attached hydrogens (tertiary/aromatic N) is 1. The minimum atomic E-state index is -0.405. The number of anilines is 1. The normalized spacial score (nSPS) is 12.6. The first kappa shape index (κ1) is 23.9. The zero-order valence-electron chi connectivity index (χ0n) is 20.1. The minimum Gasteiger partial charge on any atom is -0.485 e. The molecule has 0 radical (unpaired) electrons. The van der Waals surface area contributed by atoms with Gasteiger partial charge in [0.2, 0.25) is 0 Å². The highest BCUT2D eigenvalue weighted by Crippen LogP contribution is 2.34. The lowest BCUT2D eigenvalue weighted by molar-refractivity contribution is -0.121. The van der Waals surface area contributed by atoms with Gasteiger partial charge in [0, 0.05) is 5.56 Å². The summed E-state index contributed by atoms with van der Waals surface area (Å²) in [6.45, 7) is 1.94. The number of carbonyl (C=O) groups excluding carboxylic acids is 3. The molecule has 0 spiro atoms. The van der Waals surface area contributed by atoms with Crippen LogP contribution in [-0.2, 0) is 17.9 Å². The molecule has 1 aliphatic heterocycles. The second kappa shape index (κ2) is 10.4. The zero-order valence-corrected chi connectivity index (χ0v) is 20.1. The highest BCUT2D eigenvalue weighted by atomic mass is 16.5. The van der Waals surface area contributed by atoms with Crippen molar-refractivity contribution in [1.82, 2.24) is 5.32 Å². The van der Waals surface area contributed by atoms with Crippen molar-refractivity contribution in [3.05, 3.63) is 101 Å². The Bertz CT molecular complexity index is 1440. The van der Waals surface area contributed by atoms with Gasteiger partial charge in [0.15, 0.2) is 24.8 Å². The third kappa shape index (κ3) is 5.56. The summed E-state index contributed by atoms with van der Waals surface area (Å²) in [6.07, 6.45) is 1.53. The number of benzene rings is 2. The Morgan fingerprint density at radius 2 is 1.92 bits per heavy atom. The van der Waals surface area contributed by atoms with Crippen LogP contribution in [-0.4, -0.2) is 30.8 Å². The lowest BCUT2D eigenvalue weighted by Gasteiger charge is -2.29. The molecular formula is C28H24N2O7. The van der Waals surface area contributed by atoms with Crippen molar-refractivity contribution in [1.29, 1.82) is 0 Å². The van der Waals surface area contributed by atoms with E-state index in [9.17, 15) is 14.4 Å². The molecule has 37 heavy (non-hydrogen) atoms. The van der Waals surface area contributed by atoms with Crippen LogP contribution in [0.25, 0.3) is 0 Å². The number of hydrogen-bond donors (Lipinski definition) is 1. The smallest absolute Gasteiger partial charge is 0.287 e. The molecule has 0 atom stereocenters. The summed E-state index contributed by atoms with van der Waals surface area (Å²) in [6, 6.07) is 19.0. The van der Waals surface area contributed by atoms with Crippen molar-refractivity contribution in [2.24, 2.45) is 0 Å². The van der Waals surface area contributed by atoms with E-state index in [-0.39, 0.29) is 43.8 Å². The lowest BCUT2D eigenvalue weighted by Crippen LogP contribution is -2.38. The van der Waals surface area contributed by atoms with Crippen molar-refractivity contribution in [2.75, 3.05) is 18.1 Å². The topological polar surface area (TPSA) is 111 Å². The number of furan rings is 2. The molecule has 1 aliphatic rings. The summed E-state index contributed by atoms with van der Waals surface area (Å²) in [5.41, 5.74) is 1.85. The maximum atomic E-state index is 12.8. The highest BCUT2D eigenvalue weighted by molar-refractivity contribution is 6.02. The van der Waals surface area contributed by atoms with Crippen LogP contribution in [0.3, 0.4) is 0 Å². The third-order valence-electron chi connectivity index (χ3n) is 5.79. The van der Waals surface area contributed by atoms with Crippen LogP contribution >= 0.6 is 0 Å². The van der Waals surface area contributed by atoms with Gasteiger partial charge >= 0.3 is 0 Å². The number of rotatable bonds is 9. The van der Waals surface area contributed by atoms with Gasteiger partial charge in [-0.25, -0.2) is 0 Å². The standard InChI is InChI=1S/C28H24N2O7/c1-18-4-2-5-20(12-18)35-16-24(31)19-7-9-25-23(13-19)30(27(32)17-36-25)15-22-8-10-26(37-22)28(33)29-14-21-6-3-11-34-21/h2-13H,14-17H2,1H3,(H,29,33). The van der Waals surface area contributed by atoms with Crippen LogP contribution in [0.1, 0.15) is 38.0 Å². The van der Waals surface area contributed by atoms with Crippen molar-refractivity contribution in [2.45, 2.75) is 20.0 Å². The van der Waals surface area contributed by atoms with Crippen LogP contribution in [0.2, 0.25) is 0 Å². The summed E-state index contributed by atoms with van der Waals surface area (Å²) >= 11 is 0. The quantitative estimate of drug-likeness (QED) is 0.341. The number of aryl methyl sites for hydroxylation is 1. The largest absolute Gasteiger partial charge is 0.485 e. The first-order chi connectivity index (χ1) is 18.0. The Kier molecular flexibility index (Phi) is 6.76. The molecule has 3 heterocycles. The molecule has 2 aromatic carbocycles. The van der Waals surface area contributed by atoms with E-state index in [1.807, 2.05) is 25.1 Å². The second-order valence-electron chi connectivity index (χ2n) is 8.51. The van der Waals surface area contributed by atoms with E-state index in [0.717, 1.165) is 5.56 Å². The average Bonchev–Trinajstić information content (AvgIpc) is 3.60. The van der Waals surface area contributed by atoms with E-state index in [1.165, 1.54) is 11.2 Å². The number of Topliss-reactive ketones (excluding diaryl/α,β-unsaturated/α-hetero) is 1. The zero-order chi connectivity index (χ0) is 25.8. The van der Waals surface area contributed by atoms with Gasteiger partial charge in [-0.05, 0) is 67.1 Å². The molecular weight excluding hydrogens is 476 g/mol. The maximum Gasteiger partial charge on any atom is 0.287 e. The lowest BCUT2D eigenvalue weighted by atomic mass is 10.1. The molecule has 0 unspecified atom stereocenters. The Balaban J connectivity index is 1.28. The molecule has 0 fully saturated rings. The maximum absolute atomic E-state index is 12.8. The van der Waals surface area contributed by atoms with Gasteiger partial charge in [0.25, 0.3) is 11.8 Å². The molecule has 0 aliphatic carbocycles. The molecule has 9 heteroatoms. The van der Waals surface area contributed by atoms with E-state index in [2.05, 4.69) is 5.32 Å². The van der Waals surface area contributed by atoms with E-state index in [4.69, 9.17) is 18.3 Å². The summed E-state index contributed by atoms with van der Waals surface area (Å²) in [4.78, 5) is 39.4. The van der Waals surface area contributed by atoms with Gasteiger partial charge in [-0.3, -0.25) is 19.3 Å². The average molecular weight is 501 g/mol. The number of amides is 2. The van der Waals surface area contributed by atoms with Crippen LogP contribution < -0.4 is 19.7 Å². The Hall–Kier alpha value is -4.79. The number of carbonyl (C=O) groups is 3. The van der Waals surface area contributed by atoms with Crippen molar-refractivity contribution >= 4 is 23.3 Å². The highest BCUT2D eigenvalue weighted by Gasteiger charge is 2.28. The van der Waals surface area contributed by atoms with Crippen LogP contribution in [0, 0.1) is 6.92 Å². The van der Waals surface area contributed by atoms with Gasteiger partial charge in [-0.15, -0.1) is 0 Å². The molecule has 2 aromatic heterocycles. The van der Waals surface area contributed by atoms with Gasteiger partial charge in [0.1, 0.15) is 23.0 Å². The van der Waals surface area contributed by atoms with E-state index in [1.54, 1.807) is 48.5 Å². The van der Waals surface area contributed by atoms with Crippen LogP contribution in [0.5, 0.6) is 11.5 Å². The molecule has 188 valence electrons. The van der Waals surface area contributed by atoms with E-state index in [0.29, 0.717) is 34.3 Å². The number of nitrogens with one attached hydrogen (secondary N) is 1. The number of hydrogen-bond acceptors (Lipinski definition) is 7. The minimum absolute atomic E-state index is 0.0676. The first-order valence-electron chi connectivity index (χ1n) is 11.7. The number of fused-ring (bicyclic) bond motifs is 1. The Labute approximate surface area is 212 Å². The van der Waals surface area contributed by atoms with E-state index >= 15 is 0 Å². The molecule has 5 rings (SSSR count). The van der Waals surface area contributed by atoms with Crippen LogP contribution in [0.15, 0.2) is 81.8 Å². The van der Waals surface area contributed by atoms with Gasteiger partial charge in [-0.1, -0.05) is 12.1 Å². The fourth-order valence-electron chi connectivity index (χ4n) is 3.89. The van der Waals surface area contributed by atoms with E-state index < -0.39 is 5.91 Å².